The Kier molecular flexibility index (Phi) is 8.09. The molecule has 35 heavy (non-hydrogen) atoms. The highest BCUT2D eigenvalue weighted by atomic mass is 35.5. The number of halogens is 2. The zero-order valence-corrected chi connectivity index (χ0v) is 20.8. The van der Waals surface area contributed by atoms with Crippen molar-refractivity contribution in [2.24, 2.45) is 0 Å². The van der Waals surface area contributed by atoms with Crippen molar-refractivity contribution in [2.75, 3.05) is 11.9 Å². The summed E-state index contributed by atoms with van der Waals surface area (Å²) in [5.41, 5.74) is 3.00. The molecular weight excluding hydrogens is 507 g/mol. The first-order valence-electron chi connectivity index (χ1n) is 10.8. The Bertz CT molecular complexity index is 1310. The maximum Gasteiger partial charge on any atom is 0.331 e. The van der Waals surface area contributed by atoms with Gasteiger partial charge in [0.05, 0.1) is 5.56 Å². The van der Waals surface area contributed by atoms with Gasteiger partial charge < -0.3 is 14.8 Å². The first-order valence-corrected chi connectivity index (χ1v) is 12.4. The first kappa shape index (κ1) is 24.8. The number of thiophene rings is 1. The number of aryl methyl sites for hydroxylation is 1. The van der Waals surface area contributed by atoms with Crippen LogP contribution in [0.2, 0.25) is 10.0 Å². The number of rotatable bonds is 8. The molecule has 3 aromatic rings. The van der Waals surface area contributed by atoms with Crippen molar-refractivity contribution in [3.05, 3.63) is 85.7 Å². The number of hydrogen-bond donors (Lipinski definition) is 1. The Hall–Kier alpha value is -3.31. The van der Waals surface area contributed by atoms with Gasteiger partial charge in [-0.3, -0.25) is 4.79 Å². The fraction of sp³-hybridized carbons (Fsp3) is 0.192. The standard InChI is InChI=1S/C26H20Cl2N2O4S/c27-21-4-2-5-22(28)20(21)14-33-17-10-7-16(8-11-17)9-12-25(32)34-15-24(31)30-26-19(13-29)18-3-1-6-23(18)35-26/h2,4-5,7-12H,1,3,6,14-15H2,(H,30,31). The third-order valence-corrected chi connectivity index (χ3v) is 7.28. The molecule has 1 aromatic heterocycles. The molecule has 4 rings (SSSR count). The number of anilines is 1. The molecular formula is C26H20Cl2N2O4S. The van der Waals surface area contributed by atoms with Gasteiger partial charge in [-0.2, -0.15) is 5.26 Å². The number of carbonyl (C=O) groups excluding carboxylic acids is 2. The largest absolute Gasteiger partial charge is 0.489 e. The second-order valence-electron chi connectivity index (χ2n) is 7.72. The van der Waals surface area contributed by atoms with Crippen LogP contribution in [0.25, 0.3) is 6.08 Å². The molecule has 1 aliphatic rings. The fourth-order valence-corrected chi connectivity index (χ4v) is 5.39. The minimum atomic E-state index is -0.650. The smallest absolute Gasteiger partial charge is 0.331 e. The molecule has 1 heterocycles. The van der Waals surface area contributed by atoms with Crippen molar-refractivity contribution >= 4 is 57.5 Å². The quantitative estimate of drug-likeness (QED) is 0.279. The summed E-state index contributed by atoms with van der Waals surface area (Å²) in [5, 5.41) is 13.7. The number of carbonyl (C=O) groups is 2. The average Bonchev–Trinajstić information content (AvgIpc) is 3.42. The van der Waals surface area contributed by atoms with Crippen molar-refractivity contribution < 1.29 is 19.1 Å². The molecule has 0 atom stereocenters. The van der Waals surface area contributed by atoms with E-state index in [1.807, 2.05) is 0 Å². The Morgan fingerprint density at radius 1 is 1.11 bits per heavy atom. The molecule has 0 fully saturated rings. The lowest BCUT2D eigenvalue weighted by atomic mass is 10.1. The van der Waals surface area contributed by atoms with Crippen LogP contribution in [0.1, 0.15) is 33.6 Å². The highest BCUT2D eigenvalue weighted by Crippen LogP contribution is 2.38. The van der Waals surface area contributed by atoms with Crippen LogP contribution in [0.15, 0.2) is 48.5 Å². The molecule has 1 amide bonds. The van der Waals surface area contributed by atoms with Crippen LogP contribution in [0.3, 0.4) is 0 Å². The Balaban J connectivity index is 1.24. The van der Waals surface area contributed by atoms with Crippen molar-refractivity contribution in [1.29, 1.82) is 5.26 Å². The molecule has 0 aliphatic heterocycles. The number of esters is 1. The maximum atomic E-state index is 12.2. The molecule has 0 radical (unpaired) electrons. The van der Waals surface area contributed by atoms with E-state index in [1.54, 1.807) is 48.5 Å². The molecule has 0 bridgehead atoms. The summed E-state index contributed by atoms with van der Waals surface area (Å²) in [5.74, 6) is -0.514. The number of nitrogens with one attached hydrogen (secondary N) is 1. The number of amides is 1. The predicted molar refractivity (Wildman–Crippen MR) is 137 cm³/mol. The summed E-state index contributed by atoms with van der Waals surface area (Å²) in [6.07, 6.45) is 5.63. The number of benzene rings is 2. The summed E-state index contributed by atoms with van der Waals surface area (Å²) >= 11 is 13.7. The van der Waals surface area contributed by atoms with Gasteiger partial charge in [0.25, 0.3) is 5.91 Å². The second-order valence-corrected chi connectivity index (χ2v) is 9.64. The van der Waals surface area contributed by atoms with Gasteiger partial charge in [0.1, 0.15) is 23.4 Å². The van der Waals surface area contributed by atoms with Crippen LogP contribution in [0.4, 0.5) is 5.00 Å². The van der Waals surface area contributed by atoms with Crippen LogP contribution in [0.5, 0.6) is 5.75 Å². The van der Waals surface area contributed by atoms with E-state index in [-0.39, 0.29) is 6.61 Å². The normalized spacial score (nSPS) is 12.3. The third kappa shape index (κ3) is 6.23. The van der Waals surface area contributed by atoms with Gasteiger partial charge >= 0.3 is 5.97 Å². The van der Waals surface area contributed by atoms with Gasteiger partial charge in [0, 0.05) is 26.6 Å². The number of ether oxygens (including phenoxy) is 2. The van der Waals surface area contributed by atoms with E-state index in [0.717, 1.165) is 35.3 Å². The van der Waals surface area contributed by atoms with E-state index in [4.69, 9.17) is 32.7 Å². The van der Waals surface area contributed by atoms with E-state index < -0.39 is 18.5 Å². The monoisotopic (exact) mass is 526 g/mol. The zero-order chi connectivity index (χ0) is 24.8. The van der Waals surface area contributed by atoms with Crippen LogP contribution < -0.4 is 10.1 Å². The number of fused-ring (bicyclic) bond motifs is 1. The van der Waals surface area contributed by atoms with E-state index in [1.165, 1.54) is 17.4 Å². The van der Waals surface area contributed by atoms with E-state index >= 15 is 0 Å². The lowest BCUT2D eigenvalue weighted by Crippen LogP contribution is -2.20. The minimum absolute atomic E-state index is 0.228. The van der Waals surface area contributed by atoms with Crippen LogP contribution in [0, 0.1) is 11.3 Å². The molecule has 6 nitrogen and oxygen atoms in total. The van der Waals surface area contributed by atoms with Crippen LogP contribution >= 0.6 is 34.5 Å². The summed E-state index contributed by atoms with van der Waals surface area (Å²) in [6.45, 7) is -0.208. The number of nitriles is 1. The summed E-state index contributed by atoms with van der Waals surface area (Å²) in [6, 6.07) is 14.5. The lowest BCUT2D eigenvalue weighted by molar-refractivity contribution is -0.142. The SMILES string of the molecule is N#Cc1c(NC(=O)COC(=O)C=Cc2ccc(OCc3c(Cl)cccc3Cl)cc2)sc2c1CCC2. The zero-order valence-electron chi connectivity index (χ0n) is 18.5. The van der Waals surface area contributed by atoms with Gasteiger partial charge in [-0.05, 0) is 60.7 Å². The van der Waals surface area contributed by atoms with Gasteiger partial charge in [-0.1, -0.05) is 41.4 Å². The van der Waals surface area contributed by atoms with Gasteiger partial charge in [0.2, 0.25) is 0 Å². The highest BCUT2D eigenvalue weighted by molar-refractivity contribution is 7.16. The van der Waals surface area contributed by atoms with Gasteiger partial charge in [-0.25, -0.2) is 4.79 Å². The van der Waals surface area contributed by atoms with E-state index in [0.29, 0.717) is 31.9 Å². The predicted octanol–water partition coefficient (Wildman–Crippen LogP) is 6.19. The second kappa shape index (κ2) is 11.4. The first-order chi connectivity index (χ1) is 16.9. The Morgan fingerprint density at radius 2 is 1.86 bits per heavy atom. The molecule has 0 saturated heterocycles. The maximum absolute atomic E-state index is 12.2. The lowest BCUT2D eigenvalue weighted by Gasteiger charge is -2.09. The van der Waals surface area contributed by atoms with Crippen molar-refractivity contribution in [3.63, 3.8) is 0 Å². The fourth-order valence-electron chi connectivity index (χ4n) is 3.62. The van der Waals surface area contributed by atoms with Crippen molar-refractivity contribution in [3.8, 4) is 11.8 Å². The van der Waals surface area contributed by atoms with Crippen LogP contribution in [-0.2, 0) is 33.8 Å². The van der Waals surface area contributed by atoms with Gasteiger partial charge in [-0.15, -0.1) is 11.3 Å². The molecule has 2 aromatic carbocycles. The molecule has 0 spiro atoms. The van der Waals surface area contributed by atoms with E-state index in [2.05, 4.69) is 11.4 Å². The Morgan fingerprint density at radius 3 is 2.57 bits per heavy atom. The van der Waals surface area contributed by atoms with Crippen LogP contribution in [-0.4, -0.2) is 18.5 Å². The average molecular weight is 527 g/mol. The topological polar surface area (TPSA) is 88.4 Å². The molecule has 9 heteroatoms. The highest BCUT2D eigenvalue weighted by Gasteiger charge is 2.23. The summed E-state index contributed by atoms with van der Waals surface area (Å²) in [4.78, 5) is 25.3. The van der Waals surface area contributed by atoms with Gasteiger partial charge in [0.15, 0.2) is 6.61 Å². The minimum Gasteiger partial charge on any atom is -0.489 e. The van der Waals surface area contributed by atoms with Crippen molar-refractivity contribution in [2.45, 2.75) is 25.9 Å². The number of nitrogens with zero attached hydrogens (tertiary/aromatic N) is 1. The summed E-state index contributed by atoms with van der Waals surface area (Å²) in [7, 11) is 0. The van der Waals surface area contributed by atoms with E-state index in [9.17, 15) is 14.9 Å². The molecule has 1 N–H and O–H groups in total. The molecule has 1 aliphatic carbocycles. The molecule has 178 valence electrons. The molecule has 0 saturated carbocycles. The summed E-state index contributed by atoms with van der Waals surface area (Å²) < 4.78 is 10.8. The van der Waals surface area contributed by atoms with Crippen molar-refractivity contribution in [1.82, 2.24) is 0 Å². The number of hydrogen-bond acceptors (Lipinski definition) is 6. The Labute approximate surface area is 216 Å². The third-order valence-electron chi connectivity index (χ3n) is 5.37. The molecule has 0 unspecified atom stereocenters.